The van der Waals surface area contributed by atoms with E-state index in [1.807, 2.05) is 12.2 Å². The number of fused-ring (bicyclic) bond motifs is 2. The first-order valence-corrected chi connectivity index (χ1v) is 5.45. The average Bonchev–Trinajstić information content (AvgIpc) is 2.76. The Morgan fingerprint density at radius 2 is 2.31 bits per heavy atom. The van der Waals surface area contributed by atoms with E-state index in [0.717, 1.165) is 17.6 Å². The molecule has 0 spiro atoms. The molecule has 1 N–H and O–H groups in total. The maximum Gasteiger partial charge on any atom is 0.251 e. The number of carbonyl (C=O) groups excluding carboxylic acids is 1. The summed E-state index contributed by atoms with van der Waals surface area (Å²) in [6.07, 6.45) is 7.20. The molecule has 0 saturated heterocycles. The third kappa shape index (κ3) is 1.36. The zero-order valence-electron chi connectivity index (χ0n) is 9.17. The van der Waals surface area contributed by atoms with E-state index in [1.54, 1.807) is 7.11 Å². The van der Waals surface area contributed by atoms with Crippen LogP contribution in [0.15, 0.2) is 46.1 Å². The molecule has 82 valence electrons. The van der Waals surface area contributed by atoms with Crippen LogP contribution in [0.3, 0.4) is 0 Å². The molecule has 0 aromatic rings. The highest BCUT2D eigenvalue weighted by Gasteiger charge is 2.35. The van der Waals surface area contributed by atoms with Gasteiger partial charge in [-0.3, -0.25) is 4.79 Å². The van der Waals surface area contributed by atoms with Gasteiger partial charge >= 0.3 is 0 Å². The molecule has 0 aromatic carbocycles. The molecule has 0 heterocycles. The Morgan fingerprint density at radius 3 is 3.12 bits per heavy atom. The lowest BCUT2D eigenvalue weighted by atomic mass is 10.1. The van der Waals surface area contributed by atoms with Crippen molar-refractivity contribution in [1.29, 1.82) is 0 Å². The summed E-state index contributed by atoms with van der Waals surface area (Å²) in [5.74, 6) is -0.00273. The van der Waals surface area contributed by atoms with Crippen LogP contribution in [0.25, 0.3) is 0 Å². The summed E-state index contributed by atoms with van der Waals surface area (Å²) in [6.45, 7) is 1.11. The van der Waals surface area contributed by atoms with Gasteiger partial charge in [0.25, 0.3) is 5.91 Å². The van der Waals surface area contributed by atoms with Crippen LogP contribution < -0.4 is 5.32 Å². The zero-order chi connectivity index (χ0) is 11.1. The number of allylic oxidation sites excluding steroid dienone is 6. The lowest BCUT2D eigenvalue weighted by molar-refractivity contribution is -0.117. The van der Waals surface area contributed by atoms with Gasteiger partial charge in [-0.1, -0.05) is 6.08 Å². The van der Waals surface area contributed by atoms with Gasteiger partial charge in [-0.2, -0.15) is 0 Å². The van der Waals surface area contributed by atoms with Gasteiger partial charge in [0, 0.05) is 19.2 Å². The van der Waals surface area contributed by atoms with Gasteiger partial charge in [0.1, 0.15) is 0 Å². The van der Waals surface area contributed by atoms with Gasteiger partial charge in [-0.15, -0.1) is 0 Å². The first kappa shape index (κ1) is 9.60. The highest BCUT2D eigenvalue weighted by molar-refractivity contribution is 6.01. The number of hydrogen-bond acceptors (Lipinski definition) is 2. The molecule has 0 bridgehead atoms. The predicted octanol–water partition coefficient (Wildman–Crippen LogP) is 1.26. The molecule has 1 saturated carbocycles. The zero-order valence-corrected chi connectivity index (χ0v) is 9.17. The fraction of sp³-hybridized carbons (Fsp3) is 0.308. The predicted molar refractivity (Wildman–Crippen MR) is 60.8 cm³/mol. The molecule has 0 unspecified atom stereocenters. The topological polar surface area (TPSA) is 38.3 Å². The Bertz CT molecular complexity index is 492. The Morgan fingerprint density at radius 1 is 1.44 bits per heavy atom. The molecule has 16 heavy (non-hydrogen) atoms. The third-order valence-corrected chi connectivity index (χ3v) is 3.11. The van der Waals surface area contributed by atoms with Crippen LogP contribution in [-0.4, -0.2) is 26.2 Å². The van der Waals surface area contributed by atoms with Crippen molar-refractivity contribution in [1.82, 2.24) is 5.32 Å². The summed E-state index contributed by atoms with van der Waals surface area (Å²) in [6, 6.07) is 0. The van der Waals surface area contributed by atoms with Gasteiger partial charge < -0.3 is 10.1 Å². The van der Waals surface area contributed by atoms with Crippen molar-refractivity contribution < 1.29 is 9.53 Å². The smallest absolute Gasteiger partial charge is 0.251 e. The Hall–Kier alpha value is -1.61. The van der Waals surface area contributed by atoms with Crippen molar-refractivity contribution >= 4 is 5.91 Å². The van der Waals surface area contributed by atoms with Crippen molar-refractivity contribution in [3.05, 3.63) is 46.1 Å². The first-order valence-electron chi connectivity index (χ1n) is 5.45. The molecule has 0 aromatic heterocycles. The number of carbonyl (C=O) groups is 1. The summed E-state index contributed by atoms with van der Waals surface area (Å²) >= 11 is 0. The lowest BCUT2D eigenvalue weighted by Crippen LogP contribution is -2.28. The van der Waals surface area contributed by atoms with E-state index in [0.29, 0.717) is 13.2 Å². The van der Waals surface area contributed by atoms with Crippen molar-refractivity contribution in [2.75, 3.05) is 20.3 Å². The highest BCUT2D eigenvalue weighted by Crippen LogP contribution is 2.51. The molecule has 0 atom stereocenters. The van der Waals surface area contributed by atoms with Crippen LogP contribution in [0.5, 0.6) is 0 Å². The lowest BCUT2D eigenvalue weighted by Gasteiger charge is -2.05. The van der Waals surface area contributed by atoms with E-state index in [9.17, 15) is 4.79 Å². The summed E-state index contributed by atoms with van der Waals surface area (Å²) < 4.78 is 4.90. The van der Waals surface area contributed by atoms with Gasteiger partial charge in [0.05, 0.1) is 6.61 Å². The number of ether oxygens (including phenoxy) is 1. The molecule has 0 aliphatic heterocycles. The van der Waals surface area contributed by atoms with Gasteiger partial charge in [0.15, 0.2) is 0 Å². The van der Waals surface area contributed by atoms with E-state index in [2.05, 4.69) is 11.4 Å². The van der Waals surface area contributed by atoms with Crippen LogP contribution >= 0.6 is 0 Å². The number of rotatable bonds is 4. The van der Waals surface area contributed by atoms with Crippen LogP contribution in [0.1, 0.15) is 6.42 Å². The SMILES string of the molecule is COCCNC(=O)C1=C2C=C3CC3=C2C=C1. The summed E-state index contributed by atoms with van der Waals surface area (Å²) in [4.78, 5) is 11.9. The van der Waals surface area contributed by atoms with Crippen molar-refractivity contribution in [2.24, 2.45) is 0 Å². The van der Waals surface area contributed by atoms with Gasteiger partial charge in [-0.25, -0.2) is 0 Å². The van der Waals surface area contributed by atoms with Crippen molar-refractivity contribution in [3.8, 4) is 0 Å². The molecular weight excluding hydrogens is 202 g/mol. The maximum absolute atomic E-state index is 11.9. The fourth-order valence-electron chi connectivity index (χ4n) is 2.20. The van der Waals surface area contributed by atoms with Crippen LogP contribution in [0.4, 0.5) is 0 Å². The minimum absolute atomic E-state index is 0.00273. The van der Waals surface area contributed by atoms with E-state index < -0.39 is 0 Å². The number of nitrogens with one attached hydrogen (secondary N) is 1. The molecule has 3 aliphatic rings. The Balaban J connectivity index is 1.75. The molecule has 3 aliphatic carbocycles. The first-order chi connectivity index (χ1) is 7.81. The normalized spacial score (nSPS) is 19.9. The van der Waals surface area contributed by atoms with Crippen LogP contribution in [-0.2, 0) is 9.53 Å². The Kier molecular flexibility index (Phi) is 2.07. The summed E-state index contributed by atoms with van der Waals surface area (Å²) in [5, 5.41) is 2.84. The minimum Gasteiger partial charge on any atom is -0.383 e. The third-order valence-electron chi connectivity index (χ3n) is 3.11. The Labute approximate surface area is 94.2 Å². The summed E-state index contributed by atoms with van der Waals surface area (Å²) in [7, 11) is 1.63. The van der Waals surface area contributed by atoms with E-state index in [4.69, 9.17) is 4.74 Å². The molecule has 3 nitrogen and oxygen atoms in total. The van der Waals surface area contributed by atoms with E-state index in [-0.39, 0.29) is 5.91 Å². The van der Waals surface area contributed by atoms with Crippen LogP contribution in [0.2, 0.25) is 0 Å². The van der Waals surface area contributed by atoms with Crippen molar-refractivity contribution in [2.45, 2.75) is 6.42 Å². The van der Waals surface area contributed by atoms with E-state index in [1.165, 1.54) is 16.7 Å². The quantitative estimate of drug-likeness (QED) is 0.717. The molecular formula is C13H13NO2. The number of amides is 1. The molecule has 1 fully saturated rings. The fourth-order valence-corrected chi connectivity index (χ4v) is 2.20. The summed E-state index contributed by atoms with van der Waals surface area (Å²) in [5.41, 5.74) is 5.97. The second-order valence-electron chi connectivity index (χ2n) is 4.15. The van der Waals surface area contributed by atoms with Gasteiger partial charge in [0.2, 0.25) is 0 Å². The van der Waals surface area contributed by atoms with E-state index >= 15 is 0 Å². The average molecular weight is 215 g/mol. The molecule has 1 amide bonds. The second-order valence-corrected chi connectivity index (χ2v) is 4.15. The monoisotopic (exact) mass is 215 g/mol. The second kappa shape index (κ2) is 3.46. The van der Waals surface area contributed by atoms with Crippen LogP contribution in [0, 0.1) is 0 Å². The maximum atomic E-state index is 11.9. The largest absolute Gasteiger partial charge is 0.383 e. The molecule has 3 rings (SSSR count). The minimum atomic E-state index is -0.00273. The number of methoxy groups -OCH3 is 1. The molecule has 0 radical (unpaired) electrons. The number of hydrogen-bond donors (Lipinski definition) is 1. The van der Waals surface area contributed by atoms with Gasteiger partial charge in [-0.05, 0) is 40.9 Å². The highest BCUT2D eigenvalue weighted by atomic mass is 16.5. The van der Waals surface area contributed by atoms with Crippen molar-refractivity contribution in [3.63, 3.8) is 0 Å². The standard InChI is InChI=1S/C13H13NO2/c1-16-5-4-14-13(15)10-3-2-9-11-6-8(11)7-12(9)10/h2-3,7H,4-6H2,1H3,(H,14,15). The molecule has 3 heteroatoms.